The molecule has 0 radical (unpaired) electrons. The van der Waals surface area contributed by atoms with Crippen LogP contribution in [0.4, 0.5) is 23.4 Å². The van der Waals surface area contributed by atoms with Crippen LogP contribution in [-0.4, -0.2) is 62.1 Å². The number of aromatic nitrogens is 4. The van der Waals surface area contributed by atoms with E-state index < -0.39 is 54.4 Å². The molecular formula is C24H24F4N6O2. The Morgan fingerprint density at radius 2 is 2.00 bits per heavy atom. The zero-order chi connectivity index (χ0) is 28.5. The molecule has 190 valence electrons. The van der Waals surface area contributed by atoms with Gasteiger partial charge in [-0.05, 0) is 45.0 Å². The van der Waals surface area contributed by atoms with E-state index >= 15 is 0 Å². The number of anilines is 1. The van der Waals surface area contributed by atoms with Gasteiger partial charge < -0.3 is 15.0 Å². The molecule has 36 heavy (non-hydrogen) atoms. The van der Waals surface area contributed by atoms with Gasteiger partial charge >= 0.3 is 6.18 Å². The molecule has 1 fully saturated rings. The Morgan fingerprint density at radius 1 is 1.25 bits per heavy atom. The maximum Gasteiger partial charge on any atom is 0.417 e. The van der Waals surface area contributed by atoms with E-state index in [9.17, 15) is 22.4 Å². The number of nitrogens with one attached hydrogen (secondary N) is 1. The second-order valence-electron chi connectivity index (χ2n) is 8.27. The number of hydrogen-bond donors (Lipinski definition) is 1. The van der Waals surface area contributed by atoms with E-state index in [4.69, 9.17) is 8.85 Å². The summed E-state index contributed by atoms with van der Waals surface area (Å²) in [4.78, 5) is 31.4. The minimum absolute atomic E-state index is 0.0766. The van der Waals surface area contributed by atoms with E-state index in [2.05, 4.69) is 25.3 Å². The summed E-state index contributed by atoms with van der Waals surface area (Å²) >= 11 is 0. The average molecular weight is 508 g/mol. The number of alkyl halides is 3. The fourth-order valence-electron chi connectivity index (χ4n) is 3.98. The maximum atomic E-state index is 14.4. The van der Waals surface area contributed by atoms with Crippen molar-refractivity contribution >= 4 is 11.7 Å². The van der Waals surface area contributed by atoms with Crippen LogP contribution in [0.25, 0.3) is 11.4 Å². The fraction of sp³-hybridized carbons (Fsp3) is 0.375. The number of ether oxygens (including phenoxy) is 1. The number of carbonyl (C=O) groups is 1. The second-order valence-corrected chi connectivity index (χ2v) is 8.27. The summed E-state index contributed by atoms with van der Waals surface area (Å²) in [6, 6.07) is 3.85. The normalized spacial score (nSPS) is 21.9. The largest absolute Gasteiger partial charge is 0.417 e. The summed E-state index contributed by atoms with van der Waals surface area (Å²) in [6.07, 6.45) is -2.33. The van der Waals surface area contributed by atoms with Crippen molar-refractivity contribution in [2.24, 2.45) is 0 Å². The Kier molecular flexibility index (Phi) is 6.08. The van der Waals surface area contributed by atoms with E-state index in [1.54, 1.807) is 19.9 Å². The minimum atomic E-state index is -4.76. The molecule has 0 spiro atoms. The van der Waals surface area contributed by atoms with Crippen LogP contribution >= 0.6 is 0 Å². The van der Waals surface area contributed by atoms with Crippen LogP contribution in [0.15, 0.2) is 42.9 Å². The molecule has 0 aliphatic carbocycles. The zero-order valence-corrected chi connectivity index (χ0v) is 19.3. The average Bonchev–Trinajstić information content (AvgIpc) is 2.87. The first-order valence-electron chi connectivity index (χ1n) is 12.5. The Balaban J connectivity index is 1.68. The molecule has 1 aliphatic rings. The molecule has 4 rings (SSSR count). The van der Waals surface area contributed by atoms with Crippen LogP contribution in [0.5, 0.6) is 0 Å². The third-order valence-electron chi connectivity index (χ3n) is 5.66. The Labute approximate surface area is 209 Å². The number of pyridine rings is 2. The smallest absolute Gasteiger partial charge is 0.372 e. The predicted octanol–water partition coefficient (Wildman–Crippen LogP) is 4.13. The highest BCUT2D eigenvalue weighted by Gasteiger charge is 2.38. The van der Waals surface area contributed by atoms with E-state index in [1.807, 2.05) is 0 Å². The van der Waals surface area contributed by atoms with Gasteiger partial charge in [-0.3, -0.25) is 4.79 Å². The van der Waals surface area contributed by atoms with Gasteiger partial charge in [-0.2, -0.15) is 13.2 Å². The summed E-state index contributed by atoms with van der Waals surface area (Å²) in [5.41, 5.74) is -1.52. The minimum Gasteiger partial charge on any atom is -0.372 e. The van der Waals surface area contributed by atoms with Gasteiger partial charge in [0, 0.05) is 41.5 Å². The molecular weight excluding hydrogens is 480 g/mol. The van der Waals surface area contributed by atoms with Crippen molar-refractivity contribution < 1.29 is 31.2 Å². The Hall–Kier alpha value is -3.67. The van der Waals surface area contributed by atoms with Crippen LogP contribution in [0.1, 0.15) is 39.7 Å². The third kappa shape index (κ3) is 5.43. The van der Waals surface area contributed by atoms with Gasteiger partial charge in [0.2, 0.25) is 0 Å². The molecule has 12 heteroatoms. The van der Waals surface area contributed by atoms with Crippen molar-refractivity contribution in [1.82, 2.24) is 24.8 Å². The van der Waals surface area contributed by atoms with Crippen molar-refractivity contribution in [3.63, 3.8) is 0 Å². The van der Waals surface area contributed by atoms with Crippen LogP contribution < -0.4 is 5.32 Å². The molecule has 1 saturated heterocycles. The predicted molar refractivity (Wildman–Crippen MR) is 123 cm³/mol. The van der Waals surface area contributed by atoms with Crippen molar-refractivity contribution in [2.75, 3.05) is 18.4 Å². The lowest BCUT2D eigenvalue weighted by Crippen LogP contribution is -2.58. The number of morpholine rings is 1. The molecule has 8 nitrogen and oxygen atoms in total. The number of rotatable bonds is 5. The number of aryl methyl sites for hydroxylation is 1. The second kappa shape index (κ2) is 10.1. The van der Waals surface area contributed by atoms with Gasteiger partial charge in [-0.1, -0.05) is 0 Å². The number of hydrogen-bond acceptors (Lipinski definition) is 7. The van der Waals surface area contributed by atoms with Crippen LogP contribution in [-0.2, 0) is 10.9 Å². The van der Waals surface area contributed by atoms with Crippen LogP contribution in [0.3, 0.4) is 0 Å². The first kappa shape index (κ1) is 21.6. The van der Waals surface area contributed by atoms with Crippen LogP contribution in [0, 0.1) is 12.7 Å². The monoisotopic (exact) mass is 507 g/mol. The summed E-state index contributed by atoms with van der Waals surface area (Å²) in [6.45, 7) is 0.777. The van der Waals surface area contributed by atoms with Gasteiger partial charge in [0.25, 0.3) is 5.91 Å². The highest BCUT2D eigenvalue weighted by Crippen LogP contribution is 2.30. The maximum absolute atomic E-state index is 14.4. The number of carbonyl (C=O) groups excluding carboxylic acids is 1. The quantitative estimate of drug-likeness (QED) is 0.519. The topological polar surface area (TPSA) is 93.1 Å². The highest BCUT2D eigenvalue weighted by atomic mass is 19.4. The molecule has 1 amide bonds. The van der Waals surface area contributed by atoms with Crippen molar-refractivity contribution in [3.8, 4) is 11.4 Å². The molecule has 0 bridgehead atoms. The van der Waals surface area contributed by atoms with Crippen molar-refractivity contribution in [2.45, 2.75) is 45.1 Å². The number of halogens is 4. The van der Waals surface area contributed by atoms with Gasteiger partial charge in [0.1, 0.15) is 5.69 Å². The SMILES string of the molecule is [2H]C([2H])([2H])c1ccc(-c2ncccn2)c(C(=O)N2C[C@@H](C)O[C@@H](C)[C@H]2CNc2ncc(C(F)(F)F)cc2F)n1. The lowest BCUT2D eigenvalue weighted by atomic mass is 10.0. The number of amides is 1. The van der Waals surface area contributed by atoms with Crippen molar-refractivity contribution in [3.05, 3.63) is 65.6 Å². The molecule has 0 unspecified atom stereocenters. The Morgan fingerprint density at radius 3 is 2.67 bits per heavy atom. The summed E-state index contributed by atoms with van der Waals surface area (Å²) in [5, 5.41) is 2.66. The molecule has 1 aliphatic heterocycles. The summed E-state index contributed by atoms with van der Waals surface area (Å²) in [5.74, 6) is -2.12. The molecule has 0 saturated carbocycles. The van der Waals surface area contributed by atoms with Gasteiger partial charge in [-0.25, -0.2) is 24.3 Å². The van der Waals surface area contributed by atoms with E-state index in [-0.39, 0.29) is 35.9 Å². The van der Waals surface area contributed by atoms with Gasteiger partial charge in [0.15, 0.2) is 17.5 Å². The lowest BCUT2D eigenvalue weighted by Gasteiger charge is -2.43. The fourth-order valence-corrected chi connectivity index (χ4v) is 3.98. The van der Waals surface area contributed by atoms with Gasteiger partial charge in [-0.15, -0.1) is 0 Å². The van der Waals surface area contributed by atoms with Gasteiger partial charge in [0.05, 0.1) is 29.4 Å². The summed E-state index contributed by atoms with van der Waals surface area (Å²) < 4.78 is 82.1. The molecule has 4 heterocycles. The van der Waals surface area contributed by atoms with E-state index in [0.29, 0.717) is 12.3 Å². The lowest BCUT2D eigenvalue weighted by molar-refractivity contribution is -0.138. The number of nitrogens with zero attached hydrogens (tertiary/aromatic N) is 5. The first-order valence-corrected chi connectivity index (χ1v) is 11.0. The summed E-state index contributed by atoms with van der Waals surface area (Å²) in [7, 11) is 0. The van der Waals surface area contributed by atoms with E-state index in [0.717, 1.165) is 0 Å². The molecule has 3 atom stereocenters. The standard InChI is InChI=1S/C24H24F4N6O2/c1-13-5-6-17(21-29-7-4-8-30-21)20(33-13)23(35)34-12-14(2)36-15(3)19(34)11-32-22-18(25)9-16(10-31-22)24(26,27)28/h4-10,14-15,19H,11-12H2,1-3H3,(H,31,32)/t14-,15+,19-/m1/s1/i1D3. The third-order valence-corrected chi connectivity index (χ3v) is 5.66. The van der Waals surface area contributed by atoms with Crippen LogP contribution in [0.2, 0.25) is 0 Å². The molecule has 3 aromatic heterocycles. The molecule has 1 N–H and O–H groups in total. The Bertz CT molecular complexity index is 1340. The van der Waals surface area contributed by atoms with Crippen molar-refractivity contribution in [1.29, 1.82) is 0 Å². The first-order chi connectivity index (χ1) is 18.3. The molecule has 3 aromatic rings. The highest BCUT2D eigenvalue weighted by molar-refractivity contribution is 5.98. The zero-order valence-electron chi connectivity index (χ0n) is 22.3. The van der Waals surface area contributed by atoms with E-state index in [1.165, 1.54) is 29.4 Å². The molecule has 0 aromatic carbocycles.